The molecule has 0 saturated heterocycles. The second kappa shape index (κ2) is 8.12. The number of halogens is 1. The summed E-state index contributed by atoms with van der Waals surface area (Å²) < 4.78 is 0. The summed E-state index contributed by atoms with van der Waals surface area (Å²) in [5.41, 5.74) is 2.40. The minimum atomic E-state index is -0.157. The topological polar surface area (TPSA) is 70.7 Å². The number of carbonyl (C=O) groups is 1. The summed E-state index contributed by atoms with van der Waals surface area (Å²) in [5.74, 6) is 0.191. The minimum absolute atomic E-state index is 0.0614. The van der Waals surface area contributed by atoms with Crippen LogP contribution in [0.2, 0.25) is 5.02 Å². The number of carbonyl (C=O) groups excluding carboxylic acids is 1. The molecule has 0 unspecified atom stereocenters. The first-order valence-electron chi connectivity index (χ1n) is 8.21. The van der Waals surface area contributed by atoms with Gasteiger partial charge in [0, 0.05) is 11.1 Å². The maximum Gasteiger partial charge on any atom is 0.231 e. The molecule has 8 heteroatoms. The number of thioether (sulfide) groups is 1. The van der Waals surface area contributed by atoms with Crippen molar-refractivity contribution in [3.05, 3.63) is 75.6 Å². The zero-order valence-electron chi connectivity index (χ0n) is 14.1. The first-order valence-corrected chi connectivity index (χ1v) is 10.4. The minimum Gasteiger partial charge on any atom is -0.344 e. The van der Waals surface area contributed by atoms with E-state index < -0.39 is 0 Å². The van der Waals surface area contributed by atoms with Gasteiger partial charge in [-0.3, -0.25) is 4.79 Å². The number of hydrogen-bond donors (Lipinski definition) is 2. The van der Waals surface area contributed by atoms with Gasteiger partial charge < -0.3 is 10.3 Å². The number of amides is 1. The number of imidazole rings is 1. The van der Waals surface area contributed by atoms with E-state index in [1.54, 1.807) is 23.6 Å². The largest absolute Gasteiger partial charge is 0.344 e. The Labute approximate surface area is 169 Å². The number of nitrogens with one attached hydrogen (secondary N) is 2. The number of benzene rings is 1. The van der Waals surface area contributed by atoms with Crippen LogP contribution < -0.4 is 5.32 Å². The van der Waals surface area contributed by atoms with Gasteiger partial charge in [-0.15, -0.1) is 11.3 Å². The number of aromatic nitrogens is 3. The van der Waals surface area contributed by atoms with Crippen molar-refractivity contribution in [1.29, 1.82) is 0 Å². The standard InChI is InChI=1S/C19H15ClN4OS2/c20-13-9-14-18(21-10-13)24-19(22-14)27-11-16(25)23-17(15-7-4-8-26-15)12-5-2-1-3-6-12/h1-10,17H,11H2,(H,23,25)(H,21,22,24)/t17-/m1/s1. The molecule has 5 nitrogen and oxygen atoms in total. The van der Waals surface area contributed by atoms with E-state index in [4.69, 9.17) is 11.6 Å². The summed E-state index contributed by atoms with van der Waals surface area (Å²) in [7, 11) is 0. The molecule has 1 aromatic carbocycles. The van der Waals surface area contributed by atoms with Gasteiger partial charge in [-0.25, -0.2) is 9.97 Å². The molecule has 1 amide bonds. The molecule has 4 aromatic rings. The highest BCUT2D eigenvalue weighted by Crippen LogP contribution is 2.26. The molecular formula is C19H15ClN4OS2. The molecule has 0 aliphatic heterocycles. The van der Waals surface area contributed by atoms with Gasteiger partial charge >= 0.3 is 0 Å². The lowest BCUT2D eigenvalue weighted by atomic mass is 10.1. The maximum atomic E-state index is 12.6. The average Bonchev–Trinajstić information content (AvgIpc) is 3.34. The van der Waals surface area contributed by atoms with Crippen LogP contribution in [0.25, 0.3) is 11.2 Å². The SMILES string of the molecule is O=C(CSc1nc2ncc(Cl)cc2[nH]1)N[C@H](c1ccccc1)c1cccs1. The van der Waals surface area contributed by atoms with E-state index in [2.05, 4.69) is 20.3 Å². The fraction of sp³-hybridized carbons (Fsp3) is 0.105. The van der Waals surface area contributed by atoms with Gasteiger partial charge in [0.05, 0.1) is 22.3 Å². The average molecular weight is 415 g/mol. The quantitative estimate of drug-likeness (QED) is 0.450. The Bertz CT molecular complexity index is 1050. The normalized spacial score (nSPS) is 12.2. The van der Waals surface area contributed by atoms with Crippen LogP contribution in [0, 0.1) is 0 Å². The lowest BCUT2D eigenvalue weighted by molar-refractivity contribution is -0.119. The lowest BCUT2D eigenvalue weighted by Gasteiger charge is -2.17. The first kappa shape index (κ1) is 18.0. The van der Waals surface area contributed by atoms with E-state index in [1.807, 2.05) is 47.8 Å². The zero-order chi connectivity index (χ0) is 18.6. The number of fused-ring (bicyclic) bond motifs is 1. The van der Waals surface area contributed by atoms with Crippen LogP contribution in [0.1, 0.15) is 16.5 Å². The number of nitrogens with zero attached hydrogens (tertiary/aromatic N) is 2. The molecule has 0 saturated carbocycles. The van der Waals surface area contributed by atoms with Gasteiger partial charge in [-0.1, -0.05) is 59.8 Å². The van der Waals surface area contributed by atoms with E-state index >= 15 is 0 Å². The van der Waals surface area contributed by atoms with E-state index in [0.29, 0.717) is 15.8 Å². The highest BCUT2D eigenvalue weighted by Gasteiger charge is 2.18. The molecule has 0 aliphatic rings. The second-order valence-electron chi connectivity index (χ2n) is 5.78. The fourth-order valence-electron chi connectivity index (χ4n) is 2.68. The summed E-state index contributed by atoms with van der Waals surface area (Å²) in [6.45, 7) is 0. The van der Waals surface area contributed by atoms with Crippen molar-refractivity contribution in [2.75, 3.05) is 5.75 Å². The van der Waals surface area contributed by atoms with Crippen molar-refractivity contribution in [1.82, 2.24) is 20.3 Å². The van der Waals surface area contributed by atoms with Crippen LogP contribution in [-0.4, -0.2) is 26.6 Å². The third-order valence-corrected chi connectivity index (χ3v) is 5.91. The van der Waals surface area contributed by atoms with Gasteiger partial charge in [-0.05, 0) is 23.1 Å². The molecule has 2 N–H and O–H groups in total. The van der Waals surface area contributed by atoms with Crippen LogP contribution in [0.15, 0.2) is 65.3 Å². The Balaban J connectivity index is 1.45. The van der Waals surface area contributed by atoms with E-state index in [9.17, 15) is 4.79 Å². The molecule has 0 aliphatic carbocycles. The third kappa shape index (κ3) is 4.32. The summed E-state index contributed by atoms with van der Waals surface area (Å²) in [5, 5.41) is 6.32. The Morgan fingerprint density at radius 1 is 1.26 bits per heavy atom. The van der Waals surface area contributed by atoms with Gasteiger partial charge in [-0.2, -0.15) is 0 Å². The molecule has 0 radical (unpaired) electrons. The third-order valence-electron chi connectivity index (χ3n) is 3.89. The summed E-state index contributed by atoms with van der Waals surface area (Å²) in [6.07, 6.45) is 1.55. The van der Waals surface area contributed by atoms with Crippen LogP contribution >= 0.6 is 34.7 Å². The van der Waals surface area contributed by atoms with Crippen molar-refractivity contribution in [2.45, 2.75) is 11.2 Å². The number of H-pyrrole nitrogens is 1. The van der Waals surface area contributed by atoms with Crippen molar-refractivity contribution in [3.63, 3.8) is 0 Å². The second-order valence-corrected chi connectivity index (χ2v) is 8.16. The number of pyridine rings is 1. The lowest BCUT2D eigenvalue weighted by Crippen LogP contribution is -2.30. The van der Waals surface area contributed by atoms with E-state index in [1.165, 1.54) is 11.8 Å². The fourth-order valence-corrected chi connectivity index (χ4v) is 4.32. The zero-order valence-corrected chi connectivity index (χ0v) is 16.4. The predicted molar refractivity (Wildman–Crippen MR) is 110 cm³/mol. The highest BCUT2D eigenvalue weighted by atomic mass is 35.5. The van der Waals surface area contributed by atoms with Gasteiger partial charge in [0.25, 0.3) is 0 Å². The number of hydrogen-bond acceptors (Lipinski definition) is 5. The number of thiophene rings is 1. The summed E-state index contributed by atoms with van der Waals surface area (Å²) >= 11 is 8.90. The smallest absolute Gasteiger partial charge is 0.231 e. The Hall–Kier alpha value is -2.35. The molecule has 0 bridgehead atoms. The number of rotatable bonds is 6. The summed E-state index contributed by atoms with van der Waals surface area (Å²) in [6, 6.07) is 15.6. The molecule has 1 atom stereocenters. The number of aromatic amines is 1. The van der Waals surface area contributed by atoms with Crippen molar-refractivity contribution >= 4 is 51.8 Å². The Kier molecular flexibility index (Phi) is 5.42. The Morgan fingerprint density at radius 2 is 2.11 bits per heavy atom. The van der Waals surface area contributed by atoms with E-state index in [-0.39, 0.29) is 17.7 Å². The van der Waals surface area contributed by atoms with Crippen LogP contribution in [-0.2, 0) is 4.79 Å². The van der Waals surface area contributed by atoms with Crippen molar-refractivity contribution in [2.24, 2.45) is 0 Å². The van der Waals surface area contributed by atoms with Crippen molar-refractivity contribution in [3.8, 4) is 0 Å². The molecule has 27 heavy (non-hydrogen) atoms. The molecule has 3 heterocycles. The molecule has 0 spiro atoms. The molecule has 3 aromatic heterocycles. The molecule has 4 rings (SSSR count). The van der Waals surface area contributed by atoms with Gasteiger partial charge in [0.2, 0.25) is 5.91 Å². The van der Waals surface area contributed by atoms with Gasteiger partial charge in [0.1, 0.15) is 0 Å². The summed E-state index contributed by atoms with van der Waals surface area (Å²) in [4.78, 5) is 25.3. The van der Waals surface area contributed by atoms with Crippen LogP contribution in [0.4, 0.5) is 0 Å². The maximum absolute atomic E-state index is 12.6. The molecule has 136 valence electrons. The van der Waals surface area contributed by atoms with Crippen molar-refractivity contribution < 1.29 is 4.79 Å². The van der Waals surface area contributed by atoms with Gasteiger partial charge in [0.15, 0.2) is 10.8 Å². The van der Waals surface area contributed by atoms with Crippen LogP contribution in [0.3, 0.4) is 0 Å². The highest BCUT2D eigenvalue weighted by molar-refractivity contribution is 7.99. The predicted octanol–water partition coefficient (Wildman–Crippen LogP) is 4.67. The van der Waals surface area contributed by atoms with E-state index in [0.717, 1.165) is 16.0 Å². The van der Waals surface area contributed by atoms with Crippen LogP contribution in [0.5, 0.6) is 0 Å². The Morgan fingerprint density at radius 3 is 2.89 bits per heavy atom. The first-order chi connectivity index (χ1) is 13.2. The molecule has 0 fully saturated rings. The molecular weight excluding hydrogens is 400 g/mol. The monoisotopic (exact) mass is 414 g/mol.